The van der Waals surface area contributed by atoms with E-state index in [2.05, 4.69) is 5.32 Å². The van der Waals surface area contributed by atoms with Crippen LogP contribution in [0.1, 0.15) is 37.7 Å². The molecule has 0 amide bonds. The molecule has 1 aromatic rings. The molecule has 1 aliphatic heterocycles. The SMILES string of the molecule is CNCc1ccc(S(=O)(=O)N2CCC3CCCCC32)cc1. The second kappa shape index (κ2) is 6.07. The summed E-state index contributed by atoms with van der Waals surface area (Å²) < 4.78 is 27.5. The molecule has 1 aliphatic carbocycles. The van der Waals surface area contributed by atoms with Gasteiger partial charge in [0.15, 0.2) is 0 Å². The quantitative estimate of drug-likeness (QED) is 0.929. The van der Waals surface area contributed by atoms with E-state index in [1.54, 1.807) is 16.4 Å². The minimum absolute atomic E-state index is 0.237. The van der Waals surface area contributed by atoms with Crippen molar-refractivity contribution in [2.75, 3.05) is 13.6 Å². The van der Waals surface area contributed by atoms with Gasteiger partial charge in [-0.1, -0.05) is 25.0 Å². The number of nitrogens with one attached hydrogen (secondary N) is 1. The summed E-state index contributed by atoms with van der Waals surface area (Å²) in [6.45, 7) is 1.45. The molecule has 0 spiro atoms. The Morgan fingerprint density at radius 1 is 1.14 bits per heavy atom. The van der Waals surface area contributed by atoms with Crippen LogP contribution in [0.5, 0.6) is 0 Å². The highest BCUT2D eigenvalue weighted by Crippen LogP contribution is 2.39. The smallest absolute Gasteiger partial charge is 0.243 e. The summed E-state index contributed by atoms with van der Waals surface area (Å²) in [7, 11) is -1.44. The summed E-state index contributed by atoms with van der Waals surface area (Å²) in [5.74, 6) is 0.581. The molecule has 2 unspecified atom stereocenters. The number of sulfonamides is 1. The van der Waals surface area contributed by atoms with Crippen LogP contribution in [-0.2, 0) is 16.6 Å². The molecular weight excluding hydrogens is 284 g/mol. The van der Waals surface area contributed by atoms with Gasteiger partial charge in [-0.2, -0.15) is 4.31 Å². The van der Waals surface area contributed by atoms with Gasteiger partial charge in [0.05, 0.1) is 4.90 Å². The Hall–Kier alpha value is -0.910. The molecule has 1 aromatic carbocycles. The number of fused-ring (bicyclic) bond motifs is 1. The van der Waals surface area contributed by atoms with Crippen molar-refractivity contribution in [1.29, 1.82) is 0 Å². The summed E-state index contributed by atoms with van der Waals surface area (Å²) in [4.78, 5) is 0.438. The van der Waals surface area contributed by atoms with Crippen LogP contribution < -0.4 is 5.32 Å². The first-order valence-corrected chi connectivity index (χ1v) is 9.32. The first kappa shape index (κ1) is 15.0. The van der Waals surface area contributed by atoms with E-state index in [0.717, 1.165) is 31.4 Å². The maximum Gasteiger partial charge on any atom is 0.243 e. The average Bonchev–Trinajstić information content (AvgIpc) is 2.93. The number of rotatable bonds is 4. The third-order valence-electron chi connectivity index (χ3n) is 4.87. The fourth-order valence-electron chi connectivity index (χ4n) is 3.78. The van der Waals surface area contributed by atoms with Crippen molar-refractivity contribution < 1.29 is 8.42 Å². The Kier molecular flexibility index (Phi) is 4.33. The van der Waals surface area contributed by atoms with Gasteiger partial charge in [-0.25, -0.2) is 8.42 Å². The second-order valence-corrected chi connectivity index (χ2v) is 8.08. The van der Waals surface area contributed by atoms with Gasteiger partial charge < -0.3 is 5.32 Å². The Balaban J connectivity index is 1.83. The van der Waals surface area contributed by atoms with Crippen molar-refractivity contribution >= 4 is 10.0 Å². The second-order valence-electron chi connectivity index (χ2n) is 6.19. The van der Waals surface area contributed by atoms with Crippen molar-refractivity contribution in [3.63, 3.8) is 0 Å². The molecule has 1 saturated heterocycles. The highest BCUT2D eigenvalue weighted by molar-refractivity contribution is 7.89. The molecule has 2 aliphatic rings. The number of benzene rings is 1. The molecule has 2 fully saturated rings. The molecule has 21 heavy (non-hydrogen) atoms. The molecule has 1 saturated carbocycles. The fraction of sp³-hybridized carbons (Fsp3) is 0.625. The molecule has 0 bridgehead atoms. The van der Waals surface area contributed by atoms with E-state index in [1.165, 1.54) is 12.8 Å². The molecule has 2 atom stereocenters. The maximum atomic E-state index is 12.9. The van der Waals surface area contributed by atoms with Crippen LogP contribution >= 0.6 is 0 Å². The predicted octanol–water partition coefficient (Wildman–Crippen LogP) is 2.36. The molecule has 3 rings (SSSR count). The summed E-state index contributed by atoms with van der Waals surface area (Å²) in [6, 6.07) is 7.53. The molecular formula is C16H24N2O2S. The van der Waals surface area contributed by atoms with Crippen LogP contribution in [0.2, 0.25) is 0 Å². The van der Waals surface area contributed by atoms with Crippen molar-refractivity contribution in [2.45, 2.75) is 49.6 Å². The largest absolute Gasteiger partial charge is 0.316 e. The first-order valence-electron chi connectivity index (χ1n) is 7.88. The fourth-order valence-corrected chi connectivity index (χ4v) is 5.51. The van der Waals surface area contributed by atoms with E-state index in [0.29, 0.717) is 17.4 Å². The minimum atomic E-state index is -3.33. The zero-order chi connectivity index (χ0) is 14.9. The molecule has 0 aromatic heterocycles. The summed E-state index contributed by atoms with van der Waals surface area (Å²) in [5, 5.41) is 3.07. The molecule has 116 valence electrons. The van der Waals surface area contributed by atoms with E-state index >= 15 is 0 Å². The molecule has 1 N–H and O–H groups in total. The minimum Gasteiger partial charge on any atom is -0.316 e. The molecule has 0 radical (unpaired) electrons. The van der Waals surface area contributed by atoms with Gasteiger partial charge in [0, 0.05) is 19.1 Å². The Labute approximate surface area is 127 Å². The highest BCUT2D eigenvalue weighted by Gasteiger charge is 2.42. The third-order valence-corrected chi connectivity index (χ3v) is 6.81. The van der Waals surface area contributed by atoms with Gasteiger partial charge in [0.2, 0.25) is 10.0 Å². The lowest BCUT2D eigenvalue weighted by molar-refractivity contribution is 0.260. The number of hydrogen-bond acceptors (Lipinski definition) is 3. The van der Waals surface area contributed by atoms with Gasteiger partial charge in [-0.3, -0.25) is 0 Å². The van der Waals surface area contributed by atoms with Gasteiger partial charge in [0.1, 0.15) is 0 Å². The Morgan fingerprint density at radius 3 is 2.57 bits per heavy atom. The van der Waals surface area contributed by atoms with E-state index in [9.17, 15) is 8.42 Å². The monoisotopic (exact) mass is 308 g/mol. The summed E-state index contributed by atoms with van der Waals surface area (Å²) in [5.41, 5.74) is 1.11. The van der Waals surface area contributed by atoms with Gasteiger partial charge in [-0.05, 0) is 49.9 Å². The third kappa shape index (κ3) is 2.87. The standard InChI is InChI=1S/C16H24N2O2S/c1-17-12-13-6-8-15(9-7-13)21(19,20)18-11-10-14-4-2-3-5-16(14)18/h6-9,14,16-17H,2-5,10-12H2,1H3. The summed E-state index contributed by atoms with van der Waals surface area (Å²) >= 11 is 0. The molecule has 5 heteroatoms. The van der Waals surface area contributed by atoms with Crippen molar-refractivity contribution in [2.24, 2.45) is 5.92 Å². The van der Waals surface area contributed by atoms with E-state index in [-0.39, 0.29) is 6.04 Å². The van der Waals surface area contributed by atoms with E-state index < -0.39 is 10.0 Å². The Morgan fingerprint density at radius 2 is 1.86 bits per heavy atom. The lowest BCUT2D eigenvalue weighted by Crippen LogP contribution is -2.39. The van der Waals surface area contributed by atoms with Crippen LogP contribution in [0.25, 0.3) is 0 Å². The van der Waals surface area contributed by atoms with Crippen LogP contribution in [0.15, 0.2) is 29.2 Å². The van der Waals surface area contributed by atoms with Gasteiger partial charge in [-0.15, -0.1) is 0 Å². The van der Waals surface area contributed by atoms with Gasteiger partial charge in [0.25, 0.3) is 0 Å². The van der Waals surface area contributed by atoms with Crippen LogP contribution in [0.3, 0.4) is 0 Å². The van der Waals surface area contributed by atoms with Crippen molar-refractivity contribution in [1.82, 2.24) is 9.62 Å². The highest BCUT2D eigenvalue weighted by atomic mass is 32.2. The zero-order valence-electron chi connectivity index (χ0n) is 12.6. The number of hydrogen-bond donors (Lipinski definition) is 1. The maximum absolute atomic E-state index is 12.9. The topological polar surface area (TPSA) is 49.4 Å². The van der Waals surface area contributed by atoms with Crippen LogP contribution in [0, 0.1) is 5.92 Å². The normalized spacial score (nSPS) is 26.7. The van der Waals surface area contributed by atoms with Crippen molar-refractivity contribution in [3.05, 3.63) is 29.8 Å². The molecule has 1 heterocycles. The van der Waals surface area contributed by atoms with Crippen LogP contribution in [-0.4, -0.2) is 32.4 Å². The molecule has 4 nitrogen and oxygen atoms in total. The predicted molar refractivity (Wildman–Crippen MR) is 83.5 cm³/mol. The van der Waals surface area contributed by atoms with Gasteiger partial charge >= 0.3 is 0 Å². The number of nitrogens with zero attached hydrogens (tertiary/aromatic N) is 1. The first-order chi connectivity index (χ1) is 10.1. The van der Waals surface area contributed by atoms with E-state index in [4.69, 9.17) is 0 Å². The lowest BCUT2D eigenvalue weighted by atomic mass is 9.86. The van der Waals surface area contributed by atoms with Crippen molar-refractivity contribution in [3.8, 4) is 0 Å². The van der Waals surface area contributed by atoms with E-state index in [1.807, 2.05) is 19.2 Å². The average molecular weight is 308 g/mol. The zero-order valence-corrected chi connectivity index (χ0v) is 13.4. The summed E-state index contributed by atoms with van der Waals surface area (Å²) in [6.07, 6.45) is 5.67. The lowest BCUT2D eigenvalue weighted by Gasteiger charge is -2.31. The Bertz CT molecular complexity index is 583. The van der Waals surface area contributed by atoms with Crippen LogP contribution in [0.4, 0.5) is 0 Å².